The van der Waals surface area contributed by atoms with Crippen molar-refractivity contribution in [1.29, 1.82) is 5.41 Å². The van der Waals surface area contributed by atoms with Crippen LogP contribution < -0.4 is 16.0 Å². The highest BCUT2D eigenvalue weighted by molar-refractivity contribution is 6.22. The number of hydrogen-bond acceptors (Lipinski definition) is 5. The number of carbonyl (C=O) groups is 4. The number of amides is 4. The van der Waals surface area contributed by atoms with Gasteiger partial charge in [-0.1, -0.05) is 0 Å². The summed E-state index contributed by atoms with van der Waals surface area (Å²) in [6, 6.07) is 6.00. The molecule has 0 bridgehead atoms. The summed E-state index contributed by atoms with van der Waals surface area (Å²) in [6.07, 6.45) is 0.667. The zero-order valence-electron chi connectivity index (χ0n) is 15.8. The summed E-state index contributed by atoms with van der Waals surface area (Å²) in [5, 5.41) is 18.6. The molecule has 2 aliphatic heterocycles. The molecular formula is C19H23N5O5. The Bertz CT molecular complexity index is 858. The number of urea groups is 1. The van der Waals surface area contributed by atoms with Crippen LogP contribution >= 0.6 is 0 Å². The van der Waals surface area contributed by atoms with Gasteiger partial charge in [0.1, 0.15) is 5.84 Å². The van der Waals surface area contributed by atoms with E-state index in [0.717, 1.165) is 0 Å². The lowest BCUT2D eigenvalue weighted by molar-refractivity contribution is -0.137. The smallest absolute Gasteiger partial charge is 0.317 e. The van der Waals surface area contributed by atoms with Crippen molar-refractivity contribution in [3.05, 3.63) is 29.8 Å². The van der Waals surface area contributed by atoms with Gasteiger partial charge >= 0.3 is 12.0 Å². The number of nitrogens with two attached hydrogens (primary N) is 1. The van der Waals surface area contributed by atoms with Crippen molar-refractivity contribution in [3.63, 3.8) is 0 Å². The Morgan fingerprint density at radius 2 is 1.79 bits per heavy atom. The second-order valence-corrected chi connectivity index (χ2v) is 7.31. The number of imide groups is 1. The fourth-order valence-electron chi connectivity index (χ4n) is 3.76. The van der Waals surface area contributed by atoms with Crippen LogP contribution in [0.5, 0.6) is 0 Å². The summed E-state index contributed by atoms with van der Waals surface area (Å²) in [5.74, 6) is -1.65. The Morgan fingerprint density at radius 1 is 1.17 bits per heavy atom. The van der Waals surface area contributed by atoms with E-state index in [1.165, 1.54) is 9.80 Å². The first kappa shape index (κ1) is 20.3. The first-order valence-corrected chi connectivity index (χ1v) is 9.30. The van der Waals surface area contributed by atoms with Gasteiger partial charge in [-0.2, -0.15) is 0 Å². The zero-order chi connectivity index (χ0) is 21.2. The van der Waals surface area contributed by atoms with Crippen LogP contribution in [0.4, 0.5) is 10.5 Å². The van der Waals surface area contributed by atoms with Crippen molar-refractivity contribution in [3.8, 4) is 0 Å². The number of rotatable bonds is 5. The zero-order valence-corrected chi connectivity index (χ0v) is 15.8. The summed E-state index contributed by atoms with van der Waals surface area (Å²) in [5.41, 5.74) is 5.56. The number of amidine groups is 1. The summed E-state index contributed by atoms with van der Waals surface area (Å²) >= 11 is 0. The molecule has 0 radical (unpaired) electrons. The number of carboxylic acid groups (broad SMARTS) is 1. The van der Waals surface area contributed by atoms with Gasteiger partial charge in [0.2, 0.25) is 11.8 Å². The fourth-order valence-corrected chi connectivity index (χ4v) is 3.76. The molecule has 3 rings (SSSR count). The Labute approximate surface area is 167 Å². The molecule has 10 nitrogen and oxygen atoms in total. The first-order chi connectivity index (χ1) is 13.7. The van der Waals surface area contributed by atoms with Gasteiger partial charge < -0.3 is 21.1 Å². The van der Waals surface area contributed by atoms with E-state index < -0.39 is 11.4 Å². The van der Waals surface area contributed by atoms with Crippen LogP contribution in [-0.4, -0.2) is 59.3 Å². The Hall–Kier alpha value is -3.43. The third kappa shape index (κ3) is 4.05. The maximum atomic E-state index is 13.1. The van der Waals surface area contributed by atoms with Gasteiger partial charge in [-0.15, -0.1) is 0 Å². The lowest BCUT2D eigenvalue weighted by atomic mass is 9.77. The monoisotopic (exact) mass is 401 g/mol. The van der Waals surface area contributed by atoms with Gasteiger partial charge in [-0.05, 0) is 37.1 Å². The number of aliphatic carboxylic acids is 1. The third-order valence-electron chi connectivity index (χ3n) is 5.46. The van der Waals surface area contributed by atoms with Crippen LogP contribution in [0.15, 0.2) is 24.3 Å². The second-order valence-electron chi connectivity index (χ2n) is 7.31. The third-order valence-corrected chi connectivity index (χ3v) is 5.46. The van der Waals surface area contributed by atoms with E-state index in [-0.39, 0.29) is 43.1 Å². The van der Waals surface area contributed by atoms with Crippen molar-refractivity contribution in [2.45, 2.75) is 25.7 Å². The predicted octanol–water partition coefficient (Wildman–Crippen LogP) is 0.500. The molecule has 4 amide bonds. The first-order valence-electron chi connectivity index (χ1n) is 9.30. The van der Waals surface area contributed by atoms with E-state index in [2.05, 4.69) is 5.32 Å². The molecule has 2 saturated heterocycles. The number of anilines is 1. The van der Waals surface area contributed by atoms with E-state index in [1.807, 2.05) is 0 Å². The fraction of sp³-hybridized carbons (Fsp3) is 0.421. The van der Waals surface area contributed by atoms with Crippen LogP contribution in [0.25, 0.3) is 0 Å². The quantitative estimate of drug-likeness (QED) is 0.320. The summed E-state index contributed by atoms with van der Waals surface area (Å²) in [7, 11) is 0. The van der Waals surface area contributed by atoms with Crippen LogP contribution in [0.1, 0.15) is 31.2 Å². The lowest BCUT2D eigenvalue weighted by Gasteiger charge is -2.37. The molecule has 2 heterocycles. The number of piperidine rings is 1. The van der Waals surface area contributed by atoms with Crippen molar-refractivity contribution >= 4 is 35.3 Å². The van der Waals surface area contributed by atoms with Gasteiger partial charge in [0.15, 0.2) is 0 Å². The topological polar surface area (TPSA) is 157 Å². The number of carboxylic acids is 1. The molecule has 0 unspecified atom stereocenters. The SMILES string of the molecule is N=C(N)c1ccc(N2C(=O)CC3(CCN(C(=O)NCCC(=O)O)CC3)C2=O)cc1. The van der Waals surface area contributed by atoms with Gasteiger partial charge in [0, 0.05) is 31.6 Å². The van der Waals surface area contributed by atoms with Crippen LogP contribution in [0.2, 0.25) is 0 Å². The molecule has 0 aromatic heterocycles. The van der Waals surface area contributed by atoms with E-state index in [1.54, 1.807) is 24.3 Å². The highest BCUT2D eigenvalue weighted by Crippen LogP contribution is 2.43. The van der Waals surface area contributed by atoms with E-state index in [4.69, 9.17) is 16.2 Å². The average Bonchev–Trinajstić information content (AvgIpc) is 2.91. The van der Waals surface area contributed by atoms with Crippen LogP contribution in [0.3, 0.4) is 0 Å². The molecule has 1 aromatic carbocycles. The molecule has 1 aromatic rings. The number of likely N-dealkylation sites (tertiary alicyclic amines) is 1. The van der Waals surface area contributed by atoms with Gasteiger partial charge in [0.25, 0.3) is 0 Å². The van der Waals surface area contributed by atoms with Gasteiger partial charge in [-0.25, -0.2) is 4.79 Å². The summed E-state index contributed by atoms with van der Waals surface area (Å²) in [4.78, 5) is 51.1. The van der Waals surface area contributed by atoms with Crippen LogP contribution in [-0.2, 0) is 14.4 Å². The largest absolute Gasteiger partial charge is 0.481 e. The lowest BCUT2D eigenvalue weighted by Crippen LogP contribution is -2.49. The Balaban J connectivity index is 1.64. The minimum absolute atomic E-state index is 0.0390. The highest BCUT2D eigenvalue weighted by atomic mass is 16.4. The summed E-state index contributed by atoms with van der Waals surface area (Å²) in [6.45, 7) is 0.668. The van der Waals surface area contributed by atoms with Gasteiger partial charge in [0.05, 0.1) is 17.5 Å². The number of benzene rings is 1. The van der Waals surface area contributed by atoms with Crippen molar-refractivity contribution in [1.82, 2.24) is 10.2 Å². The Kier molecular flexibility index (Phi) is 5.53. The number of nitrogens with one attached hydrogen (secondary N) is 2. The number of hydrogen-bond donors (Lipinski definition) is 4. The molecule has 1 spiro atoms. The maximum Gasteiger partial charge on any atom is 0.317 e. The molecule has 2 aliphatic rings. The molecule has 0 aliphatic carbocycles. The van der Waals surface area contributed by atoms with E-state index in [0.29, 0.717) is 37.2 Å². The molecular weight excluding hydrogens is 378 g/mol. The van der Waals surface area contributed by atoms with E-state index in [9.17, 15) is 19.2 Å². The second kappa shape index (κ2) is 7.90. The average molecular weight is 401 g/mol. The minimum atomic E-state index is -0.991. The predicted molar refractivity (Wildman–Crippen MR) is 103 cm³/mol. The van der Waals surface area contributed by atoms with E-state index >= 15 is 0 Å². The molecule has 0 saturated carbocycles. The number of nitrogen functional groups attached to an aromatic ring is 1. The minimum Gasteiger partial charge on any atom is -0.481 e. The maximum absolute atomic E-state index is 13.1. The summed E-state index contributed by atoms with van der Waals surface area (Å²) < 4.78 is 0. The van der Waals surface area contributed by atoms with Crippen LogP contribution in [0, 0.1) is 10.8 Å². The Morgan fingerprint density at radius 3 is 2.34 bits per heavy atom. The number of nitrogens with zero attached hydrogens (tertiary/aromatic N) is 2. The molecule has 154 valence electrons. The molecule has 5 N–H and O–H groups in total. The highest BCUT2D eigenvalue weighted by Gasteiger charge is 2.53. The standard InChI is InChI=1S/C19H23N5O5/c20-16(21)12-1-3-13(4-2-12)24-14(25)11-19(17(24)28)6-9-23(10-7-19)18(29)22-8-5-15(26)27/h1-4H,5-11H2,(H3,20,21)(H,22,29)(H,26,27). The van der Waals surface area contributed by atoms with Crippen molar-refractivity contribution in [2.75, 3.05) is 24.5 Å². The molecule has 29 heavy (non-hydrogen) atoms. The normalized spacial score (nSPS) is 18.2. The molecule has 0 atom stereocenters. The van der Waals surface area contributed by atoms with Crippen molar-refractivity contribution in [2.24, 2.45) is 11.1 Å². The van der Waals surface area contributed by atoms with Gasteiger partial charge in [-0.3, -0.25) is 24.7 Å². The van der Waals surface area contributed by atoms with Crippen molar-refractivity contribution < 1.29 is 24.3 Å². The number of carbonyl (C=O) groups excluding carboxylic acids is 3. The molecule has 2 fully saturated rings. The molecule has 10 heteroatoms.